The van der Waals surface area contributed by atoms with E-state index in [0.29, 0.717) is 5.40 Å². The first-order valence-corrected chi connectivity index (χ1v) is 21.2. The standard InChI is InChI=1S/C38H33P3Se/c42-41(36-27-15-5-16-28-36,37-29-17-6-18-30-37)31-38(39(32-19-7-1-8-20-32)33-21-9-2-10-22-33)40(34-23-11-3-12-24-34)35-25-13-4-14-26-35/h1-30,38H,31H2. The van der Waals surface area contributed by atoms with Crippen LogP contribution in [0.1, 0.15) is 0 Å². The summed E-state index contributed by atoms with van der Waals surface area (Å²) in [6, 6.07) is 67.6. The van der Waals surface area contributed by atoms with Gasteiger partial charge in [-0.05, 0) is 0 Å². The van der Waals surface area contributed by atoms with E-state index in [9.17, 15) is 0 Å². The van der Waals surface area contributed by atoms with Crippen molar-refractivity contribution in [3.05, 3.63) is 182 Å². The fourth-order valence-corrected chi connectivity index (χ4v) is 21.2. The third kappa shape index (κ3) is 6.53. The Morgan fingerprint density at radius 1 is 0.381 bits per heavy atom. The molecule has 42 heavy (non-hydrogen) atoms. The summed E-state index contributed by atoms with van der Waals surface area (Å²) >= 11 is 3.90. The number of hydrogen-bond acceptors (Lipinski definition) is 0. The molecule has 0 aliphatic rings. The van der Waals surface area contributed by atoms with E-state index in [0.717, 1.165) is 6.16 Å². The zero-order valence-corrected chi connectivity index (χ0v) is 27.8. The quantitative estimate of drug-likeness (QED) is 0.107. The molecule has 0 aliphatic heterocycles. The molecule has 0 fully saturated rings. The fourth-order valence-electron chi connectivity index (χ4n) is 5.55. The Morgan fingerprint density at radius 3 is 0.881 bits per heavy atom. The van der Waals surface area contributed by atoms with Gasteiger partial charge in [0.1, 0.15) is 0 Å². The summed E-state index contributed by atoms with van der Waals surface area (Å²) in [4.78, 5) is 0. The van der Waals surface area contributed by atoms with Crippen molar-refractivity contribution < 1.29 is 0 Å². The molecule has 0 amide bonds. The van der Waals surface area contributed by atoms with E-state index in [1.54, 1.807) is 0 Å². The monoisotopic (exact) mass is 662 g/mol. The van der Waals surface area contributed by atoms with Gasteiger partial charge in [-0.2, -0.15) is 0 Å². The van der Waals surface area contributed by atoms with Crippen LogP contribution in [-0.2, 0) is 0 Å². The molecule has 0 spiro atoms. The Labute approximate surface area is 260 Å². The fraction of sp³-hybridized carbons (Fsp3) is 0.0526. The van der Waals surface area contributed by atoms with Gasteiger partial charge < -0.3 is 0 Å². The van der Waals surface area contributed by atoms with Crippen molar-refractivity contribution in [1.29, 1.82) is 0 Å². The molecule has 6 aromatic rings. The first kappa shape index (κ1) is 29.2. The van der Waals surface area contributed by atoms with Gasteiger partial charge in [0.2, 0.25) is 0 Å². The zero-order chi connectivity index (χ0) is 28.6. The number of rotatable bonds is 10. The summed E-state index contributed by atoms with van der Waals surface area (Å²) in [6.45, 7) is 0. The predicted octanol–water partition coefficient (Wildman–Crippen LogP) is 7.33. The van der Waals surface area contributed by atoms with Crippen LogP contribution >= 0.6 is 21.4 Å². The van der Waals surface area contributed by atoms with Crippen LogP contribution < -0.4 is 31.8 Å². The molecule has 206 valence electrons. The molecule has 0 nitrogen and oxygen atoms in total. The minimum atomic E-state index is -1.91. The van der Waals surface area contributed by atoms with Gasteiger partial charge in [0.05, 0.1) is 0 Å². The van der Waals surface area contributed by atoms with Gasteiger partial charge in [-0.3, -0.25) is 0 Å². The SMILES string of the molecule is [Se]=P(CC(P(c1ccccc1)c1ccccc1)P(c1ccccc1)c1ccccc1)(c1ccccc1)c1ccccc1. The van der Waals surface area contributed by atoms with E-state index in [2.05, 4.69) is 197 Å². The van der Waals surface area contributed by atoms with Gasteiger partial charge in [-0.25, -0.2) is 0 Å². The van der Waals surface area contributed by atoms with Crippen LogP contribution in [0.15, 0.2) is 182 Å². The van der Waals surface area contributed by atoms with E-state index < -0.39 is 21.4 Å². The molecular formula is C38H33P3Se. The van der Waals surface area contributed by atoms with Crippen LogP contribution in [0.3, 0.4) is 0 Å². The molecule has 6 aromatic carbocycles. The van der Waals surface area contributed by atoms with E-state index in [4.69, 9.17) is 0 Å². The average Bonchev–Trinajstić information content (AvgIpc) is 3.08. The molecule has 4 heteroatoms. The van der Waals surface area contributed by atoms with E-state index >= 15 is 0 Å². The van der Waals surface area contributed by atoms with Gasteiger partial charge in [-0.15, -0.1) is 0 Å². The molecule has 0 heterocycles. The van der Waals surface area contributed by atoms with Gasteiger partial charge in [0.15, 0.2) is 0 Å². The Balaban J connectivity index is 1.63. The molecule has 0 atom stereocenters. The third-order valence-corrected chi connectivity index (χ3v) is 21.2. The molecule has 0 aromatic heterocycles. The Morgan fingerprint density at radius 2 is 0.619 bits per heavy atom. The summed E-state index contributed by atoms with van der Waals surface area (Å²) < 4.78 is 0. The van der Waals surface area contributed by atoms with Crippen molar-refractivity contribution in [3.63, 3.8) is 0 Å². The van der Waals surface area contributed by atoms with Crippen LogP contribution in [0.4, 0.5) is 0 Å². The van der Waals surface area contributed by atoms with E-state index in [1.807, 2.05) is 0 Å². The van der Waals surface area contributed by atoms with Crippen LogP contribution in [0.5, 0.6) is 0 Å². The minimum absolute atomic E-state index is 0.389. The van der Waals surface area contributed by atoms with Gasteiger partial charge >= 0.3 is 262 Å². The van der Waals surface area contributed by atoms with Crippen molar-refractivity contribution >= 4 is 68.3 Å². The van der Waals surface area contributed by atoms with Crippen molar-refractivity contribution in [2.24, 2.45) is 0 Å². The summed E-state index contributed by atoms with van der Waals surface area (Å²) in [5.74, 6) is 0. The molecule has 0 saturated heterocycles. The zero-order valence-electron chi connectivity index (χ0n) is 23.4. The van der Waals surface area contributed by atoms with E-state index in [1.165, 1.54) is 31.8 Å². The Hall–Kier alpha value is -2.87. The van der Waals surface area contributed by atoms with Crippen LogP contribution in [0.25, 0.3) is 0 Å². The second-order valence-electron chi connectivity index (χ2n) is 10.2. The summed E-state index contributed by atoms with van der Waals surface area (Å²) in [7, 11) is -1.42. The van der Waals surface area contributed by atoms with Crippen molar-refractivity contribution in [2.75, 3.05) is 6.16 Å². The summed E-state index contributed by atoms with van der Waals surface area (Å²) in [6.07, 6.45) is 1.08. The van der Waals surface area contributed by atoms with Gasteiger partial charge in [0.25, 0.3) is 0 Å². The molecule has 0 aliphatic carbocycles. The number of hydrogen-bond donors (Lipinski definition) is 0. The second-order valence-corrected chi connectivity index (χ2v) is 22.2. The first-order chi connectivity index (χ1) is 20.7. The molecule has 6 rings (SSSR count). The normalized spacial score (nSPS) is 11.7. The molecule has 0 saturated carbocycles. The van der Waals surface area contributed by atoms with Crippen molar-refractivity contribution in [2.45, 2.75) is 5.40 Å². The van der Waals surface area contributed by atoms with Crippen LogP contribution in [-0.4, -0.2) is 26.7 Å². The second kappa shape index (κ2) is 14.1. The summed E-state index contributed by atoms with van der Waals surface area (Å²) in [5, 5.41) is 9.00. The van der Waals surface area contributed by atoms with E-state index in [-0.39, 0.29) is 0 Å². The maximum atomic E-state index is 3.90. The van der Waals surface area contributed by atoms with Crippen LogP contribution in [0.2, 0.25) is 0 Å². The third-order valence-electron chi connectivity index (χ3n) is 7.50. The van der Waals surface area contributed by atoms with Gasteiger partial charge in [0, 0.05) is 0 Å². The Kier molecular flexibility index (Phi) is 9.78. The molecule has 0 N–H and O–H groups in total. The van der Waals surface area contributed by atoms with Crippen molar-refractivity contribution in [1.82, 2.24) is 0 Å². The molecule has 0 radical (unpaired) electrons. The number of benzene rings is 6. The van der Waals surface area contributed by atoms with Crippen molar-refractivity contribution in [3.8, 4) is 0 Å². The van der Waals surface area contributed by atoms with Crippen LogP contribution in [0, 0.1) is 0 Å². The summed E-state index contributed by atoms with van der Waals surface area (Å²) in [5.41, 5.74) is -1.91. The first-order valence-electron chi connectivity index (χ1n) is 14.2. The average molecular weight is 662 g/mol. The van der Waals surface area contributed by atoms with Gasteiger partial charge in [-0.1, -0.05) is 0 Å². The molecule has 0 unspecified atom stereocenters. The predicted molar refractivity (Wildman–Crippen MR) is 192 cm³/mol. The maximum absolute atomic E-state index is 3.90. The topological polar surface area (TPSA) is 0 Å². The Bertz CT molecular complexity index is 1510. The molecular weight excluding hydrogens is 628 g/mol. The molecule has 0 bridgehead atoms.